The SMILES string of the molecule is C=CCS/C(N)=N/N=C/c1ccc(Cl)c(Cl)c1. The van der Waals surface area contributed by atoms with E-state index in [1.54, 1.807) is 30.5 Å². The summed E-state index contributed by atoms with van der Waals surface area (Å²) in [6, 6.07) is 5.20. The monoisotopic (exact) mass is 287 g/mol. The van der Waals surface area contributed by atoms with E-state index >= 15 is 0 Å². The Morgan fingerprint density at radius 2 is 2.18 bits per heavy atom. The third-order valence-electron chi connectivity index (χ3n) is 1.66. The number of thioether (sulfide) groups is 1. The smallest absolute Gasteiger partial charge is 0.180 e. The summed E-state index contributed by atoms with van der Waals surface area (Å²) in [5, 5.41) is 9.04. The van der Waals surface area contributed by atoms with Crippen molar-refractivity contribution in [1.82, 2.24) is 0 Å². The maximum atomic E-state index is 5.85. The van der Waals surface area contributed by atoms with Crippen molar-refractivity contribution in [3.05, 3.63) is 46.5 Å². The number of rotatable bonds is 4. The molecule has 6 heteroatoms. The van der Waals surface area contributed by atoms with Gasteiger partial charge in [0.2, 0.25) is 0 Å². The predicted molar refractivity (Wildman–Crippen MR) is 78.3 cm³/mol. The van der Waals surface area contributed by atoms with Crippen molar-refractivity contribution < 1.29 is 0 Å². The minimum atomic E-state index is 0.390. The molecule has 1 rings (SSSR count). The predicted octanol–water partition coefficient (Wildman–Crippen LogP) is 3.56. The van der Waals surface area contributed by atoms with Gasteiger partial charge in [0.15, 0.2) is 5.17 Å². The Labute approximate surface area is 114 Å². The first kappa shape index (κ1) is 14.1. The van der Waals surface area contributed by atoms with E-state index in [2.05, 4.69) is 16.8 Å². The molecule has 1 aromatic rings. The van der Waals surface area contributed by atoms with Crippen LogP contribution in [0.4, 0.5) is 0 Å². The van der Waals surface area contributed by atoms with Crippen LogP contribution in [0.3, 0.4) is 0 Å². The van der Waals surface area contributed by atoms with Gasteiger partial charge >= 0.3 is 0 Å². The first-order valence-corrected chi connectivity index (χ1v) is 6.43. The molecule has 0 fully saturated rings. The summed E-state index contributed by atoms with van der Waals surface area (Å²) >= 11 is 13.0. The summed E-state index contributed by atoms with van der Waals surface area (Å²) in [5.41, 5.74) is 6.39. The van der Waals surface area contributed by atoms with Crippen LogP contribution in [0.1, 0.15) is 5.56 Å². The number of halogens is 2. The first-order chi connectivity index (χ1) is 8.13. The second-order valence-electron chi connectivity index (χ2n) is 2.96. The molecule has 0 aromatic heterocycles. The number of amidine groups is 1. The van der Waals surface area contributed by atoms with Crippen molar-refractivity contribution in [2.75, 3.05) is 5.75 Å². The highest BCUT2D eigenvalue weighted by Crippen LogP contribution is 2.21. The normalized spacial score (nSPS) is 12.0. The van der Waals surface area contributed by atoms with Crippen molar-refractivity contribution in [2.45, 2.75) is 0 Å². The summed E-state index contributed by atoms with van der Waals surface area (Å²) in [4.78, 5) is 0. The molecule has 0 saturated heterocycles. The summed E-state index contributed by atoms with van der Waals surface area (Å²) in [6.07, 6.45) is 3.30. The lowest BCUT2D eigenvalue weighted by atomic mass is 10.2. The van der Waals surface area contributed by atoms with Crippen molar-refractivity contribution in [1.29, 1.82) is 0 Å². The summed E-state index contributed by atoms with van der Waals surface area (Å²) in [6.45, 7) is 3.58. The van der Waals surface area contributed by atoms with Crippen LogP contribution >= 0.6 is 35.0 Å². The number of benzene rings is 1. The largest absolute Gasteiger partial charge is 0.377 e. The van der Waals surface area contributed by atoms with Gasteiger partial charge in [-0.15, -0.1) is 11.7 Å². The number of nitrogens with zero attached hydrogens (tertiary/aromatic N) is 2. The molecule has 0 saturated carbocycles. The Hall–Kier alpha value is -0.970. The van der Waals surface area contributed by atoms with E-state index in [4.69, 9.17) is 28.9 Å². The third kappa shape index (κ3) is 5.26. The molecule has 0 spiro atoms. The Balaban J connectivity index is 2.64. The fraction of sp³-hybridized carbons (Fsp3) is 0.0909. The van der Waals surface area contributed by atoms with Gasteiger partial charge < -0.3 is 5.73 Å². The van der Waals surface area contributed by atoms with Crippen LogP contribution in [-0.4, -0.2) is 17.1 Å². The number of hydrogen-bond donors (Lipinski definition) is 1. The maximum Gasteiger partial charge on any atom is 0.180 e. The molecule has 3 nitrogen and oxygen atoms in total. The van der Waals surface area contributed by atoms with Gasteiger partial charge in [0, 0.05) is 5.75 Å². The fourth-order valence-corrected chi connectivity index (χ4v) is 1.62. The van der Waals surface area contributed by atoms with Crippen molar-refractivity contribution in [3.63, 3.8) is 0 Å². The molecule has 0 aliphatic carbocycles. The molecule has 17 heavy (non-hydrogen) atoms. The summed E-state index contributed by atoms with van der Waals surface area (Å²) in [7, 11) is 0. The molecule has 0 aliphatic heterocycles. The van der Waals surface area contributed by atoms with Crippen molar-refractivity contribution >= 4 is 46.3 Å². The van der Waals surface area contributed by atoms with Crippen LogP contribution in [0.2, 0.25) is 10.0 Å². The molecular formula is C11H11Cl2N3S. The molecular weight excluding hydrogens is 277 g/mol. The van der Waals surface area contributed by atoms with Crippen LogP contribution in [0.5, 0.6) is 0 Å². The van der Waals surface area contributed by atoms with Gasteiger partial charge in [0.1, 0.15) is 0 Å². The maximum absolute atomic E-state index is 5.85. The molecule has 0 amide bonds. The first-order valence-electron chi connectivity index (χ1n) is 4.68. The zero-order chi connectivity index (χ0) is 12.7. The topological polar surface area (TPSA) is 50.7 Å². The second kappa shape index (κ2) is 7.37. The lowest BCUT2D eigenvalue weighted by molar-refractivity contribution is 1.25. The molecule has 0 aliphatic rings. The van der Waals surface area contributed by atoms with Gasteiger partial charge in [-0.25, -0.2) is 0 Å². The molecule has 0 unspecified atom stereocenters. The Morgan fingerprint density at radius 1 is 1.41 bits per heavy atom. The average molecular weight is 288 g/mol. The lowest BCUT2D eigenvalue weighted by Crippen LogP contribution is -2.05. The van der Waals surface area contributed by atoms with Gasteiger partial charge in [-0.3, -0.25) is 0 Å². The zero-order valence-corrected chi connectivity index (χ0v) is 11.3. The van der Waals surface area contributed by atoms with Crippen LogP contribution in [0.15, 0.2) is 41.1 Å². The highest BCUT2D eigenvalue weighted by molar-refractivity contribution is 8.13. The molecule has 0 heterocycles. The van der Waals surface area contributed by atoms with Crippen LogP contribution < -0.4 is 5.73 Å². The van der Waals surface area contributed by atoms with E-state index < -0.39 is 0 Å². The summed E-state index contributed by atoms with van der Waals surface area (Å²) in [5.74, 6) is 0.706. The Morgan fingerprint density at radius 3 is 2.82 bits per heavy atom. The van der Waals surface area contributed by atoms with Crippen molar-refractivity contribution in [3.8, 4) is 0 Å². The highest BCUT2D eigenvalue weighted by Gasteiger charge is 1.96. The van der Waals surface area contributed by atoms with Crippen LogP contribution in [-0.2, 0) is 0 Å². The van der Waals surface area contributed by atoms with Gasteiger partial charge in [-0.2, -0.15) is 5.10 Å². The molecule has 2 N–H and O–H groups in total. The average Bonchev–Trinajstić information content (AvgIpc) is 2.31. The number of hydrogen-bond acceptors (Lipinski definition) is 3. The quantitative estimate of drug-likeness (QED) is 0.398. The van der Waals surface area contributed by atoms with Gasteiger partial charge in [0.25, 0.3) is 0 Å². The fourth-order valence-electron chi connectivity index (χ4n) is 0.918. The second-order valence-corrected chi connectivity index (χ2v) is 4.81. The van der Waals surface area contributed by atoms with Gasteiger partial charge in [-0.05, 0) is 17.7 Å². The number of nitrogens with two attached hydrogens (primary N) is 1. The van der Waals surface area contributed by atoms with Crippen LogP contribution in [0, 0.1) is 0 Å². The minimum Gasteiger partial charge on any atom is -0.377 e. The van der Waals surface area contributed by atoms with E-state index in [1.165, 1.54) is 11.8 Å². The van der Waals surface area contributed by atoms with Crippen LogP contribution in [0.25, 0.3) is 0 Å². The van der Waals surface area contributed by atoms with E-state index in [0.717, 1.165) is 5.56 Å². The third-order valence-corrected chi connectivity index (χ3v) is 3.17. The van der Waals surface area contributed by atoms with Crippen molar-refractivity contribution in [2.24, 2.45) is 15.9 Å². The Bertz CT molecular complexity index is 458. The molecule has 0 bridgehead atoms. The highest BCUT2D eigenvalue weighted by atomic mass is 35.5. The Kier molecular flexibility index (Phi) is 6.11. The van der Waals surface area contributed by atoms with Gasteiger partial charge in [0.05, 0.1) is 16.3 Å². The van der Waals surface area contributed by atoms with Gasteiger partial charge in [-0.1, -0.05) is 47.1 Å². The molecule has 0 radical (unpaired) electrons. The van der Waals surface area contributed by atoms with E-state index in [0.29, 0.717) is 21.0 Å². The molecule has 1 aromatic carbocycles. The van der Waals surface area contributed by atoms with E-state index in [9.17, 15) is 0 Å². The molecule has 0 atom stereocenters. The lowest BCUT2D eigenvalue weighted by Gasteiger charge is -1.96. The standard InChI is InChI=1S/C11H11Cl2N3S/c1-2-5-17-11(14)16-15-7-8-3-4-9(12)10(13)6-8/h2-4,6-7H,1,5H2,(H2,14,16)/b15-7+. The molecule has 90 valence electrons. The summed E-state index contributed by atoms with van der Waals surface area (Å²) < 4.78 is 0. The zero-order valence-electron chi connectivity index (χ0n) is 8.94. The van der Waals surface area contributed by atoms with E-state index in [-0.39, 0.29) is 0 Å². The minimum absolute atomic E-state index is 0.390. The van der Waals surface area contributed by atoms with E-state index in [1.807, 2.05) is 0 Å².